The Labute approximate surface area is 348 Å². The highest BCUT2D eigenvalue weighted by atomic mass is 16.3. The van der Waals surface area contributed by atoms with E-state index in [0.29, 0.717) is 17.5 Å². The van der Waals surface area contributed by atoms with Gasteiger partial charge in [-0.3, -0.25) is 0 Å². The van der Waals surface area contributed by atoms with Crippen molar-refractivity contribution in [1.29, 1.82) is 0 Å². The van der Waals surface area contributed by atoms with E-state index in [1.165, 1.54) is 21.8 Å². The summed E-state index contributed by atoms with van der Waals surface area (Å²) >= 11 is 0. The molecule has 0 amide bonds. The Morgan fingerprint density at radius 2 is 1.00 bits per heavy atom. The molecule has 0 saturated heterocycles. The zero-order valence-electron chi connectivity index (χ0n) is 32.6. The van der Waals surface area contributed by atoms with Crippen LogP contribution in [0.25, 0.3) is 127 Å². The molecular weight excluding hydrogens is 749 g/mol. The first-order valence-electron chi connectivity index (χ1n) is 20.4. The molecule has 13 aromatic rings. The quantitative estimate of drug-likeness (QED) is 0.174. The van der Waals surface area contributed by atoms with Crippen molar-refractivity contribution in [3.8, 4) is 51.0 Å². The van der Waals surface area contributed by atoms with Crippen molar-refractivity contribution < 1.29 is 8.83 Å². The van der Waals surface area contributed by atoms with Crippen molar-refractivity contribution in [3.05, 3.63) is 194 Å². The molecule has 0 atom stereocenters. The van der Waals surface area contributed by atoms with Gasteiger partial charge < -0.3 is 13.4 Å². The van der Waals surface area contributed by atoms with Crippen LogP contribution in [-0.2, 0) is 0 Å². The van der Waals surface area contributed by atoms with Gasteiger partial charge in [0.2, 0.25) is 0 Å². The summed E-state index contributed by atoms with van der Waals surface area (Å²) in [5.74, 6) is 1.67. The van der Waals surface area contributed by atoms with Crippen LogP contribution in [0.15, 0.2) is 203 Å². The Kier molecular flexibility index (Phi) is 7.21. The largest absolute Gasteiger partial charge is 0.456 e. The molecule has 0 unspecified atom stereocenters. The van der Waals surface area contributed by atoms with E-state index in [2.05, 4.69) is 156 Å². The first-order chi connectivity index (χ1) is 30.2. The molecule has 0 aliphatic rings. The molecule has 61 heavy (non-hydrogen) atoms. The molecule has 6 heteroatoms. The smallest absolute Gasteiger partial charge is 0.167 e. The van der Waals surface area contributed by atoms with E-state index in [-0.39, 0.29) is 0 Å². The summed E-state index contributed by atoms with van der Waals surface area (Å²) in [6.45, 7) is 0. The third-order valence-electron chi connectivity index (χ3n) is 12.0. The number of benzene rings is 9. The average molecular weight is 781 g/mol. The number of aromatic nitrogens is 4. The fraction of sp³-hybridized carbons (Fsp3) is 0. The maximum Gasteiger partial charge on any atom is 0.167 e. The van der Waals surface area contributed by atoms with Crippen LogP contribution in [0, 0.1) is 0 Å². The van der Waals surface area contributed by atoms with Crippen molar-refractivity contribution in [3.63, 3.8) is 0 Å². The van der Waals surface area contributed by atoms with Crippen LogP contribution in [0.5, 0.6) is 0 Å². The minimum atomic E-state index is 0.536. The summed E-state index contributed by atoms with van der Waals surface area (Å²) < 4.78 is 15.5. The third kappa shape index (κ3) is 5.26. The fourth-order valence-corrected chi connectivity index (χ4v) is 9.20. The Bertz CT molecular complexity index is 3900. The first-order valence-corrected chi connectivity index (χ1v) is 20.4. The second-order valence-electron chi connectivity index (χ2n) is 15.6. The molecule has 6 nitrogen and oxygen atoms in total. The van der Waals surface area contributed by atoms with Crippen LogP contribution >= 0.6 is 0 Å². The molecule has 0 N–H and O–H groups in total. The zero-order chi connectivity index (χ0) is 40.0. The molecular formula is C55H32N4O2. The number of rotatable bonds is 5. The third-order valence-corrected chi connectivity index (χ3v) is 12.0. The van der Waals surface area contributed by atoms with Crippen molar-refractivity contribution in [2.75, 3.05) is 0 Å². The number of hydrogen-bond donors (Lipinski definition) is 0. The molecule has 0 radical (unpaired) electrons. The number of para-hydroxylation sites is 4. The lowest BCUT2D eigenvalue weighted by molar-refractivity contribution is 0.668. The summed E-state index contributed by atoms with van der Waals surface area (Å²) in [5.41, 5.74) is 11.4. The van der Waals surface area contributed by atoms with Gasteiger partial charge in [0.15, 0.2) is 17.5 Å². The number of hydrogen-bond acceptors (Lipinski definition) is 5. The highest BCUT2D eigenvalue weighted by molar-refractivity contribution is 6.14. The van der Waals surface area contributed by atoms with E-state index >= 15 is 0 Å². The standard InChI is InChI=1S/C55H32N4O2/c1-2-14-38(15-3-1)59-46-21-8-6-16-39(46)45-31-35(27-29-47(45)59)36-26-28-42-50(32-36)60-49-23-11-19-43(51(42)49)54-56-53(37-25-24-33-12-4-5-13-34(33)30-37)57-55(58-54)44-20-10-18-41-40-17-7-9-22-48(40)61-52(41)44/h1-32H. The SMILES string of the molecule is c1ccc(-n2c3ccccc3c3cc(-c4ccc5c(c4)oc4cccc(-c6nc(-c7ccc8ccccc8c7)nc(-c7cccc8c7oc7ccccc78)n6)c45)ccc32)cc1. The van der Waals surface area contributed by atoms with Gasteiger partial charge in [0.25, 0.3) is 0 Å². The molecule has 0 aliphatic carbocycles. The van der Waals surface area contributed by atoms with Crippen molar-refractivity contribution in [1.82, 2.24) is 19.5 Å². The zero-order valence-corrected chi connectivity index (χ0v) is 32.6. The summed E-state index contributed by atoms with van der Waals surface area (Å²) in [4.78, 5) is 15.6. The van der Waals surface area contributed by atoms with Gasteiger partial charge >= 0.3 is 0 Å². The van der Waals surface area contributed by atoms with Gasteiger partial charge in [-0.05, 0) is 88.6 Å². The Morgan fingerprint density at radius 1 is 0.344 bits per heavy atom. The van der Waals surface area contributed by atoms with E-state index in [9.17, 15) is 0 Å². The molecule has 0 bridgehead atoms. The number of nitrogens with zero attached hydrogens (tertiary/aromatic N) is 4. The van der Waals surface area contributed by atoms with E-state index in [4.69, 9.17) is 23.8 Å². The highest BCUT2D eigenvalue weighted by Crippen LogP contribution is 2.41. The predicted molar refractivity (Wildman–Crippen MR) is 248 cm³/mol. The lowest BCUT2D eigenvalue weighted by atomic mass is 10.00. The summed E-state index contributed by atoms with van der Waals surface area (Å²) in [6, 6.07) is 67.5. The topological polar surface area (TPSA) is 69.9 Å². The van der Waals surface area contributed by atoms with Crippen LogP contribution in [0.4, 0.5) is 0 Å². The fourth-order valence-electron chi connectivity index (χ4n) is 9.20. The summed E-state index contributed by atoms with van der Waals surface area (Å²) in [7, 11) is 0. The Hall–Kier alpha value is -8.35. The second kappa shape index (κ2) is 13.1. The van der Waals surface area contributed by atoms with Gasteiger partial charge in [-0.15, -0.1) is 0 Å². The summed E-state index contributed by atoms with van der Waals surface area (Å²) in [5, 5.41) is 8.70. The lowest BCUT2D eigenvalue weighted by Gasteiger charge is -2.10. The maximum absolute atomic E-state index is 6.68. The molecule has 4 heterocycles. The Morgan fingerprint density at radius 3 is 1.92 bits per heavy atom. The van der Waals surface area contributed by atoms with Gasteiger partial charge in [-0.1, -0.05) is 127 Å². The predicted octanol–water partition coefficient (Wildman–Crippen LogP) is 14.6. The van der Waals surface area contributed by atoms with Crippen molar-refractivity contribution in [2.24, 2.45) is 0 Å². The van der Waals surface area contributed by atoms with Gasteiger partial charge in [0.1, 0.15) is 22.3 Å². The minimum Gasteiger partial charge on any atom is -0.456 e. The van der Waals surface area contributed by atoms with E-state index in [1.807, 2.05) is 42.5 Å². The molecule has 0 saturated carbocycles. The van der Waals surface area contributed by atoms with Gasteiger partial charge in [0.05, 0.1) is 16.6 Å². The van der Waals surface area contributed by atoms with Crippen molar-refractivity contribution in [2.45, 2.75) is 0 Å². The van der Waals surface area contributed by atoms with E-state index < -0.39 is 0 Å². The highest BCUT2D eigenvalue weighted by Gasteiger charge is 2.21. The van der Waals surface area contributed by atoms with Crippen LogP contribution in [-0.4, -0.2) is 19.5 Å². The maximum atomic E-state index is 6.68. The molecule has 0 spiro atoms. The molecule has 0 aliphatic heterocycles. The van der Waals surface area contributed by atoms with Crippen LogP contribution < -0.4 is 0 Å². The van der Waals surface area contributed by atoms with E-state index in [0.717, 1.165) is 88.2 Å². The van der Waals surface area contributed by atoms with Gasteiger partial charge in [-0.25, -0.2) is 15.0 Å². The minimum absolute atomic E-state index is 0.536. The van der Waals surface area contributed by atoms with Crippen molar-refractivity contribution >= 4 is 76.5 Å². The molecule has 4 aromatic heterocycles. The van der Waals surface area contributed by atoms with Crippen LogP contribution in [0.2, 0.25) is 0 Å². The van der Waals surface area contributed by atoms with Crippen LogP contribution in [0.1, 0.15) is 0 Å². The average Bonchev–Trinajstić information content (AvgIpc) is 4.00. The molecule has 9 aromatic carbocycles. The first kappa shape index (κ1) is 33.6. The molecule has 13 rings (SSSR count). The van der Waals surface area contributed by atoms with Gasteiger partial charge in [-0.2, -0.15) is 0 Å². The van der Waals surface area contributed by atoms with Gasteiger partial charge in [0, 0.05) is 49.1 Å². The normalized spacial score (nSPS) is 11.9. The van der Waals surface area contributed by atoms with E-state index in [1.54, 1.807) is 0 Å². The lowest BCUT2D eigenvalue weighted by Crippen LogP contribution is -2.00. The number of fused-ring (bicyclic) bond motifs is 10. The number of furan rings is 2. The Balaban J connectivity index is 0.983. The monoisotopic (exact) mass is 780 g/mol. The second-order valence-corrected chi connectivity index (χ2v) is 15.6. The summed E-state index contributed by atoms with van der Waals surface area (Å²) in [6.07, 6.45) is 0. The molecule has 284 valence electrons. The molecule has 0 fully saturated rings. The van der Waals surface area contributed by atoms with Crippen LogP contribution in [0.3, 0.4) is 0 Å².